The molecule has 6 nitrogen and oxygen atoms in total. The number of fused-ring (bicyclic) bond motifs is 1. The second-order valence-corrected chi connectivity index (χ2v) is 7.53. The van der Waals surface area contributed by atoms with Crippen LogP contribution in [0.2, 0.25) is 5.02 Å². The molecule has 0 radical (unpaired) electrons. The quantitative estimate of drug-likeness (QED) is 0.609. The van der Waals surface area contributed by atoms with Gasteiger partial charge in [-0.05, 0) is 32.1 Å². The average molecular weight is 403 g/mol. The van der Waals surface area contributed by atoms with Crippen LogP contribution in [0.25, 0.3) is 22.3 Å². The van der Waals surface area contributed by atoms with Crippen molar-refractivity contribution in [3.8, 4) is 22.8 Å². The van der Waals surface area contributed by atoms with E-state index in [0.29, 0.717) is 30.1 Å². The van der Waals surface area contributed by atoms with Crippen LogP contribution in [-0.2, 0) is 0 Å². The number of likely N-dealkylation sites (tertiary alicyclic amines) is 1. The lowest BCUT2D eigenvalue weighted by Gasteiger charge is -2.34. The van der Waals surface area contributed by atoms with E-state index in [4.69, 9.17) is 17.4 Å². The largest absolute Gasteiger partial charge is 0.507 e. The zero-order valence-electron chi connectivity index (χ0n) is 16.1. The van der Waals surface area contributed by atoms with Crippen molar-refractivity contribution in [3.05, 3.63) is 57.2 Å². The van der Waals surface area contributed by atoms with Gasteiger partial charge in [-0.15, -0.1) is 0 Å². The van der Waals surface area contributed by atoms with Gasteiger partial charge in [0.1, 0.15) is 28.2 Å². The molecular weight excluding hydrogens is 382 g/mol. The van der Waals surface area contributed by atoms with E-state index in [0.717, 1.165) is 6.07 Å². The summed E-state index contributed by atoms with van der Waals surface area (Å²) in [5, 5.41) is 31.6. The molecule has 2 unspecified atom stereocenters. The monoisotopic (exact) mass is 402 g/mol. The van der Waals surface area contributed by atoms with Crippen molar-refractivity contribution in [2.24, 2.45) is 0 Å². The summed E-state index contributed by atoms with van der Waals surface area (Å²) in [6, 6.07) is 7.27. The molecule has 3 aromatic rings. The van der Waals surface area contributed by atoms with Crippen LogP contribution >= 0.6 is 11.6 Å². The van der Waals surface area contributed by atoms with Gasteiger partial charge in [-0.25, -0.2) is 0 Å². The van der Waals surface area contributed by atoms with Crippen LogP contribution < -0.4 is 5.43 Å². The van der Waals surface area contributed by atoms with Gasteiger partial charge in [0.05, 0.1) is 12.5 Å². The van der Waals surface area contributed by atoms with Gasteiger partial charge in [-0.3, -0.25) is 4.79 Å². The number of hydrogen-bond acceptors (Lipinski definition) is 6. The predicted octanol–water partition coefficient (Wildman–Crippen LogP) is 3.30. The van der Waals surface area contributed by atoms with Gasteiger partial charge in [0.2, 0.25) is 0 Å². The van der Waals surface area contributed by atoms with Crippen molar-refractivity contribution in [1.29, 1.82) is 0 Å². The minimum atomic E-state index is -0.794. The first kappa shape index (κ1) is 17.6. The molecule has 2 aromatic carbocycles. The van der Waals surface area contributed by atoms with E-state index in [1.54, 1.807) is 24.3 Å². The van der Waals surface area contributed by atoms with Crippen molar-refractivity contribution < 1.29 is 21.1 Å². The maximum atomic E-state index is 12.9. The third-order valence-corrected chi connectivity index (χ3v) is 5.54. The van der Waals surface area contributed by atoms with Gasteiger partial charge in [0.25, 0.3) is 0 Å². The number of aromatic hydroxyl groups is 2. The molecule has 1 aromatic heterocycles. The van der Waals surface area contributed by atoms with Crippen molar-refractivity contribution in [3.63, 3.8) is 0 Å². The van der Waals surface area contributed by atoms with Crippen molar-refractivity contribution in [2.45, 2.75) is 18.4 Å². The van der Waals surface area contributed by atoms with Crippen molar-refractivity contribution in [1.82, 2.24) is 4.90 Å². The van der Waals surface area contributed by atoms with E-state index in [1.165, 1.54) is 0 Å². The maximum absolute atomic E-state index is 12.9. The molecule has 28 heavy (non-hydrogen) atoms. The van der Waals surface area contributed by atoms with Gasteiger partial charge in [0.15, 0.2) is 5.43 Å². The minimum absolute atomic E-state index is 0.0352. The molecule has 7 heteroatoms. The standard InChI is InChI=1S/C21H20ClNO5/c1-23-7-6-12(17(27)10-23)19-14(24)8-15(25)20-16(26)9-18(28-21(19)20)11-4-2-3-5-13(11)22/h2-5,8-9,12,17,24-25,27H,6-7,10H2,1H3/i9D. The smallest absolute Gasteiger partial charge is 0.197 e. The molecule has 1 fully saturated rings. The summed E-state index contributed by atoms with van der Waals surface area (Å²) in [6.07, 6.45) is -0.268. The Bertz CT molecular complexity index is 1160. The number of aliphatic hydroxyl groups is 1. The van der Waals surface area contributed by atoms with E-state index >= 15 is 0 Å². The predicted molar refractivity (Wildman–Crippen MR) is 107 cm³/mol. The van der Waals surface area contributed by atoms with E-state index in [-0.39, 0.29) is 28.0 Å². The molecule has 2 heterocycles. The average Bonchev–Trinajstić information content (AvgIpc) is 2.66. The molecular formula is C21H20ClNO5. The number of hydrogen-bond donors (Lipinski definition) is 3. The summed E-state index contributed by atoms with van der Waals surface area (Å²) in [4.78, 5) is 14.9. The number of aliphatic hydroxyl groups excluding tert-OH is 1. The normalized spacial score (nSPS) is 21.0. The highest BCUT2D eigenvalue weighted by atomic mass is 35.5. The van der Waals surface area contributed by atoms with Gasteiger partial charge >= 0.3 is 0 Å². The number of phenolic OH excluding ortho intramolecular Hbond substituents is 2. The van der Waals surface area contributed by atoms with Crippen LogP contribution in [0.3, 0.4) is 0 Å². The molecule has 4 rings (SSSR count). The fourth-order valence-electron chi connectivity index (χ4n) is 3.82. The fraction of sp³-hybridized carbons (Fsp3) is 0.286. The Morgan fingerprint density at radius 2 is 2.04 bits per heavy atom. The molecule has 0 bridgehead atoms. The number of phenols is 2. The number of likely N-dealkylation sites (N-methyl/N-ethyl adjacent to an activating group) is 1. The van der Waals surface area contributed by atoms with Crippen molar-refractivity contribution in [2.75, 3.05) is 20.1 Å². The first-order valence-corrected chi connectivity index (χ1v) is 9.31. The molecule has 1 aliphatic rings. The molecule has 3 N–H and O–H groups in total. The lowest BCUT2D eigenvalue weighted by molar-refractivity contribution is 0.0630. The molecule has 146 valence electrons. The summed E-state index contributed by atoms with van der Waals surface area (Å²) in [5.74, 6) is -1.29. The van der Waals surface area contributed by atoms with Crippen LogP contribution in [0, 0.1) is 0 Å². The van der Waals surface area contributed by atoms with E-state index < -0.39 is 29.2 Å². The van der Waals surface area contributed by atoms with Crippen LogP contribution in [-0.4, -0.2) is 46.5 Å². The summed E-state index contributed by atoms with van der Waals surface area (Å²) in [6.45, 7) is 1.08. The topological polar surface area (TPSA) is 94.1 Å². The van der Waals surface area contributed by atoms with Crippen molar-refractivity contribution >= 4 is 22.6 Å². The number of piperidine rings is 1. The number of nitrogens with zero attached hydrogens (tertiary/aromatic N) is 1. The Morgan fingerprint density at radius 3 is 2.75 bits per heavy atom. The molecule has 0 aliphatic carbocycles. The van der Waals surface area contributed by atoms with E-state index in [1.807, 2.05) is 11.9 Å². The minimum Gasteiger partial charge on any atom is -0.507 e. The summed E-state index contributed by atoms with van der Waals surface area (Å²) < 4.78 is 14.2. The third kappa shape index (κ3) is 3.13. The Morgan fingerprint density at radius 1 is 1.29 bits per heavy atom. The lowest BCUT2D eigenvalue weighted by atomic mass is 9.85. The molecule has 0 spiro atoms. The zero-order chi connectivity index (χ0) is 20.9. The highest BCUT2D eigenvalue weighted by Crippen LogP contribution is 2.42. The summed E-state index contributed by atoms with van der Waals surface area (Å²) in [5.41, 5.74) is -0.158. The highest BCUT2D eigenvalue weighted by Gasteiger charge is 2.33. The van der Waals surface area contributed by atoms with Gasteiger partial charge in [-0.1, -0.05) is 23.7 Å². The van der Waals surface area contributed by atoms with E-state index in [9.17, 15) is 20.1 Å². The molecule has 1 aliphatic heterocycles. The summed E-state index contributed by atoms with van der Waals surface area (Å²) >= 11 is 6.23. The number of halogens is 1. The number of benzene rings is 2. The molecule has 2 atom stereocenters. The molecule has 1 saturated heterocycles. The second-order valence-electron chi connectivity index (χ2n) is 7.12. The number of rotatable bonds is 2. The van der Waals surface area contributed by atoms with E-state index in [2.05, 4.69) is 0 Å². The van der Waals surface area contributed by atoms with Crippen LogP contribution in [0.4, 0.5) is 0 Å². The van der Waals surface area contributed by atoms with Gasteiger partial charge < -0.3 is 24.6 Å². The Kier molecular flexibility index (Phi) is 4.47. The first-order chi connectivity index (χ1) is 13.8. The number of β-amino-alcohol motifs (C(OH)–C–C–N with tert-alkyl or cyclic N) is 1. The highest BCUT2D eigenvalue weighted by molar-refractivity contribution is 6.33. The fourth-order valence-corrected chi connectivity index (χ4v) is 4.04. The van der Waals surface area contributed by atoms with Crippen LogP contribution in [0.1, 0.15) is 19.3 Å². The van der Waals surface area contributed by atoms with Crippen LogP contribution in [0.15, 0.2) is 45.6 Å². The Hall–Kier alpha value is -2.54. The second kappa shape index (κ2) is 7.13. The molecule has 0 saturated carbocycles. The summed E-state index contributed by atoms with van der Waals surface area (Å²) in [7, 11) is 1.89. The van der Waals surface area contributed by atoms with Gasteiger partial charge in [-0.2, -0.15) is 0 Å². The first-order valence-electron chi connectivity index (χ1n) is 9.43. The molecule has 0 amide bonds. The lowest BCUT2D eigenvalue weighted by Crippen LogP contribution is -2.40. The van der Waals surface area contributed by atoms with Gasteiger partial charge in [0, 0.05) is 35.7 Å². The zero-order valence-corrected chi connectivity index (χ0v) is 15.9. The third-order valence-electron chi connectivity index (χ3n) is 5.21. The SMILES string of the molecule is [2H]c1c(-c2ccccc2Cl)oc2c(C3CCN(C)CC3O)c(O)cc(O)c2c1=O. The maximum Gasteiger partial charge on any atom is 0.197 e. The Labute approximate surface area is 167 Å². The Balaban J connectivity index is 2.05. The van der Waals surface area contributed by atoms with Crippen LogP contribution in [0.5, 0.6) is 11.5 Å².